The molecular weight excluding hydrogens is 705 g/mol. The monoisotopic (exact) mass is 758 g/mol. The third-order valence-electron chi connectivity index (χ3n) is 7.36. The van der Waals surface area contributed by atoms with Gasteiger partial charge in [-0.2, -0.15) is 25.3 Å². The minimum Gasteiger partial charge on any atom is -0.179 e. The van der Waals surface area contributed by atoms with E-state index in [2.05, 4.69) is 119 Å². The van der Waals surface area contributed by atoms with Crippen molar-refractivity contribution in [3.8, 4) is 0 Å². The summed E-state index contributed by atoms with van der Waals surface area (Å²) in [6.45, 7) is 0. The van der Waals surface area contributed by atoms with Crippen LogP contribution in [0.15, 0.2) is 25.4 Å². The molecule has 0 aliphatic carbocycles. The molecule has 0 amide bonds. The summed E-state index contributed by atoms with van der Waals surface area (Å²) in [6.07, 6.45) is 28.0. The van der Waals surface area contributed by atoms with Gasteiger partial charge < -0.3 is 0 Å². The molecular formula is C32H54S10. The van der Waals surface area contributed by atoms with Crippen LogP contribution >= 0.6 is 119 Å². The van der Waals surface area contributed by atoms with Gasteiger partial charge in [0, 0.05) is 11.5 Å². The molecule has 0 atom stereocenters. The van der Waals surface area contributed by atoms with Crippen LogP contribution in [0, 0.1) is 0 Å². The quantitative estimate of drug-likeness (QED) is 0.0653. The largest absolute Gasteiger partial charge is 0.179 e. The summed E-state index contributed by atoms with van der Waals surface area (Å²) in [7, 11) is 0. The van der Waals surface area contributed by atoms with Gasteiger partial charge in [0.2, 0.25) is 0 Å². The number of hydrogen-bond acceptors (Lipinski definition) is 10. The summed E-state index contributed by atoms with van der Waals surface area (Å²) < 4.78 is 9.49. The average molecular weight is 759 g/mol. The number of unbranched alkanes of at least 4 members (excludes halogenated alkanes) is 18. The van der Waals surface area contributed by atoms with Gasteiger partial charge in [0.25, 0.3) is 0 Å². The third kappa shape index (κ3) is 17.2. The van der Waals surface area contributed by atoms with Crippen LogP contribution in [0.5, 0.6) is 0 Å². The molecule has 0 nitrogen and oxygen atoms in total. The first kappa shape index (κ1) is 39.2. The highest BCUT2D eigenvalue weighted by Gasteiger charge is 2.31. The van der Waals surface area contributed by atoms with Crippen LogP contribution in [-0.2, 0) is 0 Å². The Morgan fingerprint density at radius 2 is 0.690 bits per heavy atom. The van der Waals surface area contributed by atoms with Crippen molar-refractivity contribution in [3.63, 3.8) is 0 Å². The van der Waals surface area contributed by atoms with Crippen molar-refractivity contribution in [1.29, 1.82) is 0 Å². The van der Waals surface area contributed by atoms with Gasteiger partial charge in [0.15, 0.2) is 0 Å². The molecule has 0 fully saturated rings. The lowest BCUT2D eigenvalue weighted by molar-refractivity contribution is 0.564. The standard InChI is InChI=1S/C32H54S10/c33-21-17-13-9-5-1-3-7-11-15-19-23-35-27-28(36-24-20-16-12-8-4-2-6-10-14-18-22-34)40-31(39-27)32-41-29-30(42-32)38-26-25-37-29/h33-34H,1-26H2. The zero-order chi connectivity index (χ0) is 29.5. The van der Waals surface area contributed by atoms with Gasteiger partial charge >= 0.3 is 0 Å². The Hall–Kier alpha value is 2.72. The maximum Gasteiger partial charge on any atom is 0.0717 e. The summed E-state index contributed by atoms with van der Waals surface area (Å²) in [4.78, 5) is 0. The normalized spacial score (nSPS) is 17.3. The molecule has 0 aromatic heterocycles. The van der Waals surface area contributed by atoms with Crippen LogP contribution in [0.2, 0.25) is 0 Å². The van der Waals surface area contributed by atoms with Crippen LogP contribution in [0.25, 0.3) is 0 Å². The lowest BCUT2D eigenvalue weighted by Gasteiger charge is -2.08. The predicted molar refractivity (Wildman–Crippen MR) is 221 cm³/mol. The molecule has 3 heterocycles. The molecule has 0 saturated carbocycles. The van der Waals surface area contributed by atoms with E-state index in [9.17, 15) is 0 Å². The van der Waals surface area contributed by atoms with E-state index in [1.807, 2.05) is 0 Å². The lowest BCUT2D eigenvalue weighted by Crippen LogP contribution is -1.88. The highest BCUT2D eigenvalue weighted by molar-refractivity contribution is 8.45. The minimum absolute atomic E-state index is 1.05. The van der Waals surface area contributed by atoms with Crippen molar-refractivity contribution in [2.75, 3.05) is 34.5 Å². The van der Waals surface area contributed by atoms with Crippen LogP contribution in [0.1, 0.15) is 128 Å². The number of hydrogen-bond donors (Lipinski definition) is 2. The molecule has 3 aliphatic heterocycles. The molecule has 3 aliphatic rings. The SMILES string of the molecule is SCCCCCCCCCCCCSC1=C(SCCCCCCCCCCCCS)SC(=C2SC3=C(SCCS3)S2)S1. The Kier molecular flexibility index (Phi) is 24.8. The summed E-state index contributed by atoms with van der Waals surface area (Å²) in [5.74, 6) is 7.22. The fraction of sp³-hybridized carbons (Fsp3) is 0.812. The Balaban J connectivity index is 1.31. The Morgan fingerprint density at radius 1 is 0.381 bits per heavy atom. The minimum atomic E-state index is 1.05. The van der Waals surface area contributed by atoms with Crippen LogP contribution in [0.3, 0.4) is 0 Å². The van der Waals surface area contributed by atoms with Gasteiger partial charge in [0.05, 0.1) is 25.4 Å². The second-order valence-corrected chi connectivity index (χ2v) is 22.0. The van der Waals surface area contributed by atoms with Gasteiger partial charge in [-0.1, -0.05) is 150 Å². The Morgan fingerprint density at radius 3 is 1.05 bits per heavy atom. The summed E-state index contributed by atoms with van der Waals surface area (Å²) in [6, 6.07) is 0. The fourth-order valence-corrected chi connectivity index (χ4v) is 17.6. The van der Waals surface area contributed by atoms with Gasteiger partial charge in [-0.05, 0) is 48.7 Å². The van der Waals surface area contributed by atoms with Crippen molar-refractivity contribution in [2.24, 2.45) is 0 Å². The maximum atomic E-state index is 4.32. The molecule has 0 spiro atoms. The van der Waals surface area contributed by atoms with Crippen molar-refractivity contribution >= 4 is 119 Å². The average Bonchev–Trinajstić information content (AvgIpc) is 3.62. The maximum absolute atomic E-state index is 4.32. The van der Waals surface area contributed by atoms with E-state index in [1.165, 1.54) is 151 Å². The summed E-state index contributed by atoms with van der Waals surface area (Å²) >= 11 is 25.4. The Labute approximate surface area is 304 Å². The van der Waals surface area contributed by atoms with Gasteiger partial charge in [-0.15, -0.1) is 47.0 Å². The zero-order valence-corrected chi connectivity index (χ0v) is 33.9. The van der Waals surface area contributed by atoms with Crippen LogP contribution in [0.4, 0.5) is 0 Å². The van der Waals surface area contributed by atoms with Crippen molar-refractivity contribution in [1.82, 2.24) is 0 Å². The number of thiol groups is 2. The molecule has 242 valence electrons. The molecule has 0 N–H and O–H groups in total. The van der Waals surface area contributed by atoms with Crippen molar-refractivity contribution < 1.29 is 0 Å². The van der Waals surface area contributed by atoms with Gasteiger partial charge in [-0.3, -0.25) is 0 Å². The predicted octanol–water partition coefficient (Wildman–Crippen LogP) is 14.9. The van der Waals surface area contributed by atoms with Crippen LogP contribution < -0.4 is 0 Å². The van der Waals surface area contributed by atoms with Crippen molar-refractivity contribution in [2.45, 2.75) is 128 Å². The third-order valence-corrected chi connectivity index (χ3v) is 20.0. The lowest BCUT2D eigenvalue weighted by atomic mass is 10.1. The molecule has 0 unspecified atom stereocenters. The highest BCUT2D eigenvalue weighted by Crippen LogP contribution is 2.67. The van der Waals surface area contributed by atoms with E-state index in [0.29, 0.717) is 0 Å². The summed E-state index contributed by atoms with van der Waals surface area (Å²) in [5, 5.41) is 0. The zero-order valence-electron chi connectivity index (χ0n) is 25.5. The van der Waals surface area contributed by atoms with Gasteiger partial charge in [-0.25, -0.2) is 0 Å². The molecule has 0 aromatic carbocycles. The van der Waals surface area contributed by atoms with Crippen LogP contribution in [-0.4, -0.2) is 34.5 Å². The van der Waals surface area contributed by atoms with E-state index >= 15 is 0 Å². The topological polar surface area (TPSA) is 0 Å². The fourth-order valence-electron chi connectivity index (χ4n) is 4.92. The second-order valence-electron chi connectivity index (χ2n) is 11.0. The summed E-state index contributed by atoms with van der Waals surface area (Å²) in [5.41, 5.74) is 0. The van der Waals surface area contributed by atoms with E-state index in [-0.39, 0.29) is 0 Å². The van der Waals surface area contributed by atoms with E-state index < -0.39 is 0 Å². The first-order valence-electron chi connectivity index (χ1n) is 16.5. The highest BCUT2D eigenvalue weighted by atomic mass is 32.3. The first-order valence-corrected chi connectivity index (χ1v) is 25.0. The molecule has 0 saturated heterocycles. The Bertz CT molecular complexity index is 760. The first-order chi connectivity index (χ1) is 20.8. The number of rotatable bonds is 26. The second kappa shape index (κ2) is 26.6. The molecule has 0 aromatic rings. The molecule has 0 bridgehead atoms. The van der Waals surface area contributed by atoms with E-state index in [0.717, 1.165) is 11.5 Å². The van der Waals surface area contributed by atoms with Crippen molar-refractivity contribution in [3.05, 3.63) is 25.4 Å². The smallest absolute Gasteiger partial charge is 0.0717 e. The number of thioether (sulfide) groups is 8. The van der Waals surface area contributed by atoms with E-state index in [4.69, 9.17) is 0 Å². The molecule has 0 radical (unpaired) electrons. The van der Waals surface area contributed by atoms with E-state index in [1.54, 1.807) is 25.4 Å². The molecule has 3 rings (SSSR count). The van der Waals surface area contributed by atoms with Gasteiger partial charge in [0.1, 0.15) is 0 Å². The molecule has 42 heavy (non-hydrogen) atoms. The molecule has 10 heteroatoms.